The summed E-state index contributed by atoms with van der Waals surface area (Å²) in [5.41, 5.74) is 1.26. The van der Waals surface area contributed by atoms with Gasteiger partial charge in [-0.15, -0.1) is 0 Å². The van der Waals surface area contributed by atoms with E-state index in [1.165, 1.54) is 5.56 Å². The van der Waals surface area contributed by atoms with Crippen molar-refractivity contribution in [2.45, 2.75) is 25.4 Å². The van der Waals surface area contributed by atoms with Gasteiger partial charge in [0.15, 0.2) is 0 Å². The SMILES string of the molecule is Cn1cc(CCC2CNCCC2O)cn1. The van der Waals surface area contributed by atoms with E-state index in [9.17, 15) is 5.11 Å². The minimum absolute atomic E-state index is 0.122. The van der Waals surface area contributed by atoms with E-state index in [-0.39, 0.29) is 6.10 Å². The number of aromatic nitrogens is 2. The van der Waals surface area contributed by atoms with Gasteiger partial charge in [0.25, 0.3) is 0 Å². The number of aryl methyl sites for hydroxylation is 2. The fourth-order valence-electron chi connectivity index (χ4n) is 2.16. The van der Waals surface area contributed by atoms with E-state index in [4.69, 9.17) is 0 Å². The number of nitrogens with zero attached hydrogens (tertiary/aromatic N) is 2. The van der Waals surface area contributed by atoms with Gasteiger partial charge in [-0.2, -0.15) is 5.10 Å². The van der Waals surface area contributed by atoms with Crippen LogP contribution in [0.2, 0.25) is 0 Å². The third-order valence-corrected chi connectivity index (χ3v) is 3.13. The Labute approximate surface area is 90.3 Å². The fraction of sp³-hybridized carbons (Fsp3) is 0.727. The molecule has 1 fully saturated rings. The highest BCUT2D eigenvalue weighted by Crippen LogP contribution is 2.17. The molecule has 4 nitrogen and oxygen atoms in total. The zero-order valence-corrected chi connectivity index (χ0v) is 9.19. The van der Waals surface area contributed by atoms with Crippen LogP contribution in [0.3, 0.4) is 0 Å². The largest absolute Gasteiger partial charge is 0.393 e. The van der Waals surface area contributed by atoms with E-state index in [0.717, 1.165) is 32.4 Å². The molecule has 2 N–H and O–H groups in total. The molecule has 15 heavy (non-hydrogen) atoms. The summed E-state index contributed by atoms with van der Waals surface area (Å²) in [4.78, 5) is 0. The normalized spacial score (nSPS) is 26.8. The van der Waals surface area contributed by atoms with Crippen LogP contribution in [0.25, 0.3) is 0 Å². The number of aliphatic hydroxyl groups excluding tert-OH is 1. The van der Waals surface area contributed by atoms with Crippen LogP contribution in [0, 0.1) is 5.92 Å². The predicted octanol–water partition coefficient (Wildman–Crippen LogP) is 0.323. The van der Waals surface area contributed by atoms with Crippen molar-refractivity contribution >= 4 is 0 Å². The number of rotatable bonds is 3. The van der Waals surface area contributed by atoms with Gasteiger partial charge >= 0.3 is 0 Å². The van der Waals surface area contributed by atoms with Crippen molar-refractivity contribution in [2.75, 3.05) is 13.1 Å². The first-order chi connectivity index (χ1) is 7.25. The van der Waals surface area contributed by atoms with Gasteiger partial charge in [0, 0.05) is 19.8 Å². The maximum Gasteiger partial charge on any atom is 0.0592 e. The second-order valence-corrected chi connectivity index (χ2v) is 4.38. The van der Waals surface area contributed by atoms with Crippen molar-refractivity contribution in [1.29, 1.82) is 0 Å². The average molecular weight is 209 g/mol. The molecule has 0 aliphatic carbocycles. The Hall–Kier alpha value is -0.870. The highest BCUT2D eigenvalue weighted by molar-refractivity contribution is 5.04. The Morgan fingerprint density at radius 3 is 3.20 bits per heavy atom. The molecular weight excluding hydrogens is 190 g/mol. The summed E-state index contributed by atoms with van der Waals surface area (Å²) in [7, 11) is 1.93. The van der Waals surface area contributed by atoms with Gasteiger partial charge in [0.2, 0.25) is 0 Å². The average Bonchev–Trinajstić information content (AvgIpc) is 2.63. The van der Waals surface area contributed by atoms with Gasteiger partial charge in [-0.3, -0.25) is 4.68 Å². The standard InChI is InChI=1S/C11H19N3O/c1-14-8-9(6-13-14)2-3-10-7-12-5-4-11(10)15/h6,8,10-12,15H,2-5,7H2,1H3. The molecule has 0 aromatic carbocycles. The molecule has 1 aromatic heterocycles. The van der Waals surface area contributed by atoms with Gasteiger partial charge in [-0.05, 0) is 37.3 Å². The first-order valence-corrected chi connectivity index (χ1v) is 5.62. The third kappa shape index (κ3) is 2.79. The molecular formula is C11H19N3O. The maximum atomic E-state index is 9.79. The number of hydrogen-bond acceptors (Lipinski definition) is 3. The van der Waals surface area contributed by atoms with Crippen LogP contribution in [0.15, 0.2) is 12.4 Å². The first-order valence-electron chi connectivity index (χ1n) is 5.62. The lowest BCUT2D eigenvalue weighted by Crippen LogP contribution is -2.39. The van der Waals surface area contributed by atoms with E-state index < -0.39 is 0 Å². The van der Waals surface area contributed by atoms with Crippen molar-refractivity contribution < 1.29 is 5.11 Å². The van der Waals surface area contributed by atoms with Crippen molar-refractivity contribution in [3.8, 4) is 0 Å². The summed E-state index contributed by atoms with van der Waals surface area (Å²) in [6, 6.07) is 0. The Morgan fingerprint density at radius 2 is 2.53 bits per heavy atom. The first kappa shape index (κ1) is 10.6. The summed E-state index contributed by atoms with van der Waals surface area (Å²) in [5, 5.41) is 17.3. The molecule has 0 amide bonds. The second-order valence-electron chi connectivity index (χ2n) is 4.38. The second kappa shape index (κ2) is 4.77. The molecule has 1 aliphatic heterocycles. The van der Waals surface area contributed by atoms with Crippen LogP contribution in [0.4, 0.5) is 0 Å². The van der Waals surface area contributed by atoms with E-state index in [2.05, 4.69) is 10.4 Å². The van der Waals surface area contributed by atoms with Crippen LogP contribution >= 0.6 is 0 Å². The van der Waals surface area contributed by atoms with Crippen LogP contribution < -0.4 is 5.32 Å². The van der Waals surface area contributed by atoms with E-state index in [1.54, 1.807) is 0 Å². The van der Waals surface area contributed by atoms with Crippen LogP contribution in [0.5, 0.6) is 0 Å². The zero-order chi connectivity index (χ0) is 10.7. The summed E-state index contributed by atoms with van der Waals surface area (Å²) in [6.45, 7) is 1.89. The van der Waals surface area contributed by atoms with Crippen LogP contribution in [-0.2, 0) is 13.5 Å². The highest BCUT2D eigenvalue weighted by Gasteiger charge is 2.22. The summed E-state index contributed by atoms with van der Waals surface area (Å²) >= 11 is 0. The molecule has 0 saturated carbocycles. The molecule has 2 rings (SSSR count). The van der Waals surface area contributed by atoms with Crippen molar-refractivity contribution in [3.63, 3.8) is 0 Å². The molecule has 4 heteroatoms. The summed E-state index contributed by atoms with van der Waals surface area (Å²) < 4.78 is 1.82. The van der Waals surface area contributed by atoms with Gasteiger partial charge in [-0.1, -0.05) is 0 Å². The third-order valence-electron chi connectivity index (χ3n) is 3.13. The summed E-state index contributed by atoms with van der Waals surface area (Å²) in [5.74, 6) is 0.402. The van der Waals surface area contributed by atoms with Gasteiger partial charge in [0.05, 0.1) is 12.3 Å². The van der Waals surface area contributed by atoms with Gasteiger partial charge in [0.1, 0.15) is 0 Å². The van der Waals surface area contributed by atoms with Crippen molar-refractivity contribution in [2.24, 2.45) is 13.0 Å². The smallest absolute Gasteiger partial charge is 0.0592 e. The highest BCUT2D eigenvalue weighted by atomic mass is 16.3. The minimum Gasteiger partial charge on any atom is -0.393 e. The molecule has 0 radical (unpaired) electrons. The monoisotopic (exact) mass is 209 g/mol. The zero-order valence-electron chi connectivity index (χ0n) is 9.19. The molecule has 2 unspecified atom stereocenters. The molecule has 1 aromatic rings. The Kier molecular flexibility index (Phi) is 3.38. The summed E-state index contributed by atoms with van der Waals surface area (Å²) in [6.07, 6.45) is 6.77. The molecule has 0 bridgehead atoms. The van der Waals surface area contributed by atoms with Gasteiger partial charge in [-0.25, -0.2) is 0 Å². The lowest BCUT2D eigenvalue weighted by Gasteiger charge is -2.28. The molecule has 0 spiro atoms. The van der Waals surface area contributed by atoms with E-state index in [0.29, 0.717) is 5.92 Å². The van der Waals surface area contributed by atoms with E-state index in [1.807, 2.05) is 24.1 Å². The quantitative estimate of drug-likeness (QED) is 0.754. The topological polar surface area (TPSA) is 50.1 Å². The van der Waals surface area contributed by atoms with Gasteiger partial charge < -0.3 is 10.4 Å². The lowest BCUT2D eigenvalue weighted by molar-refractivity contribution is 0.0747. The van der Waals surface area contributed by atoms with Crippen LogP contribution in [0.1, 0.15) is 18.4 Å². The van der Waals surface area contributed by atoms with Crippen molar-refractivity contribution in [3.05, 3.63) is 18.0 Å². The minimum atomic E-state index is -0.122. The Balaban J connectivity index is 1.81. The Bertz CT molecular complexity index is 311. The van der Waals surface area contributed by atoms with Crippen molar-refractivity contribution in [1.82, 2.24) is 15.1 Å². The van der Waals surface area contributed by atoms with Crippen LogP contribution in [-0.4, -0.2) is 34.1 Å². The number of piperidine rings is 1. The molecule has 2 atom stereocenters. The number of nitrogens with one attached hydrogen (secondary N) is 1. The number of hydrogen-bond donors (Lipinski definition) is 2. The molecule has 2 heterocycles. The molecule has 1 aliphatic rings. The molecule has 84 valence electrons. The molecule has 1 saturated heterocycles. The Morgan fingerprint density at radius 1 is 1.67 bits per heavy atom. The lowest BCUT2D eigenvalue weighted by atomic mass is 9.91. The maximum absolute atomic E-state index is 9.79. The fourth-order valence-corrected chi connectivity index (χ4v) is 2.16. The van der Waals surface area contributed by atoms with E-state index >= 15 is 0 Å². The number of aliphatic hydroxyl groups is 1. The predicted molar refractivity (Wildman–Crippen MR) is 58.5 cm³/mol.